The van der Waals surface area contributed by atoms with Crippen LogP contribution in [0, 0.1) is 5.92 Å². The van der Waals surface area contributed by atoms with E-state index < -0.39 is 6.10 Å². The molecule has 0 saturated carbocycles. The van der Waals surface area contributed by atoms with E-state index in [9.17, 15) is 9.59 Å². The van der Waals surface area contributed by atoms with Gasteiger partial charge in [0.25, 0.3) is 5.91 Å². The molecular formula is C17H21NO4. The lowest BCUT2D eigenvalue weighted by molar-refractivity contribution is -0.157. The van der Waals surface area contributed by atoms with Gasteiger partial charge in [-0.2, -0.15) is 0 Å². The van der Waals surface area contributed by atoms with Gasteiger partial charge in [-0.05, 0) is 38.3 Å². The van der Waals surface area contributed by atoms with Gasteiger partial charge >= 0.3 is 5.97 Å². The minimum Gasteiger partial charge on any atom is -0.497 e. The van der Waals surface area contributed by atoms with Crippen molar-refractivity contribution in [1.82, 2.24) is 0 Å². The highest BCUT2D eigenvalue weighted by Crippen LogP contribution is 2.21. The summed E-state index contributed by atoms with van der Waals surface area (Å²) in [6.07, 6.45) is 5.55. The Bertz CT molecular complexity index is 568. The summed E-state index contributed by atoms with van der Waals surface area (Å²) >= 11 is 0. The molecule has 1 aliphatic carbocycles. The summed E-state index contributed by atoms with van der Waals surface area (Å²) in [5, 5.41) is 2.71. The van der Waals surface area contributed by atoms with Gasteiger partial charge in [0, 0.05) is 11.8 Å². The van der Waals surface area contributed by atoms with Crippen molar-refractivity contribution in [3.05, 3.63) is 36.4 Å². The number of rotatable bonds is 5. The van der Waals surface area contributed by atoms with Crippen molar-refractivity contribution in [2.45, 2.75) is 32.3 Å². The first-order valence-electron chi connectivity index (χ1n) is 7.40. The van der Waals surface area contributed by atoms with E-state index in [2.05, 4.69) is 11.4 Å². The van der Waals surface area contributed by atoms with Crippen LogP contribution in [0.4, 0.5) is 5.69 Å². The fourth-order valence-corrected chi connectivity index (χ4v) is 2.28. The zero-order valence-electron chi connectivity index (χ0n) is 12.9. The molecule has 5 nitrogen and oxygen atoms in total. The van der Waals surface area contributed by atoms with Gasteiger partial charge in [0.05, 0.1) is 13.0 Å². The van der Waals surface area contributed by atoms with Crippen LogP contribution >= 0.6 is 0 Å². The molecule has 1 amide bonds. The van der Waals surface area contributed by atoms with Crippen LogP contribution in [0.5, 0.6) is 5.75 Å². The number of amides is 1. The van der Waals surface area contributed by atoms with Crippen LogP contribution in [0.3, 0.4) is 0 Å². The standard InChI is InChI=1S/C17H21NO4/c1-12(22-17(20)13-7-4-3-5-8-13)16(19)18-14-9-6-10-15(11-14)21-2/h3-4,6,9-13H,5,7-8H2,1-2H3,(H,18,19). The number of carbonyl (C=O) groups excluding carboxylic acids is 2. The number of methoxy groups -OCH3 is 1. The van der Waals surface area contributed by atoms with Gasteiger partial charge in [0.1, 0.15) is 5.75 Å². The van der Waals surface area contributed by atoms with Crippen molar-refractivity contribution >= 4 is 17.6 Å². The number of hydrogen-bond acceptors (Lipinski definition) is 4. The normalized spacial score (nSPS) is 18.4. The summed E-state index contributed by atoms with van der Waals surface area (Å²) in [6.45, 7) is 1.58. The molecule has 0 fully saturated rings. The van der Waals surface area contributed by atoms with E-state index in [-0.39, 0.29) is 17.8 Å². The molecule has 2 unspecified atom stereocenters. The number of carbonyl (C=O) groups is 2. The quantitative estimate of drug-likeness (QED) is 0.671. The second kappa shape index (κ2) is 7.64. The molecule has 2 rings (SSSR count). The summed E-state index contributed by atoms with van der Waals surface area (Å²) in [5.74, 6) is -0.154. The molecule has 1 N–H and O–H groups in total. The van der Waals surface area contributed by atoms with Crippen LogP contribution in [0.2, 0.25) is 0 Å². The van der Waals surface area contributed by atoms with Crippen LogP contribution in [0.15, 0.2) is 36.4 Å². The predicted octanol–water partition coefficient (Wildman–Crippen LogP) is 2.92. The Morgan fingerprint density at radius 1 is 1.32 bits per heavy atom. The van der Waals surface area contributed by atoms with Gasteiger partial charge in [-0.1, -0.05) is 18.2 Å². The second-order valence-corrected chi connectivity index (χ2v) is 5.28. The molecule has 1 aromatic carbocycles. The monoisotopic (exact) mass is 303 g/mol. The highest BCUT2D eigenvalue weighted by atomic mass is 16.5. The Kier molecular flexibility index (Phi) is 5.58. The van der Waals surface area contributed by atoms with Crippen LogP contribution < -0.4 is 10.1 Å². The molecule has 0 radical (unpaired) electrons. The lowest BCUT2D eigenvalue weighted by atomic mass is 9.95. The zero-order valence-corrected chi connectivity index (χ0v) is 12.9. The van der Waals surface area contributed by atoms with Crippen LogP contribution in [0.25, 0.3) is 0 Å². The molecule has 22 heavy (non-hydrogen) atoms. The number of anilines is 1. The van der Waals surface area contributed by atoms with E-state index >= 15 is 0 Å². The van der Waals surface area contributed by atoms with E-state index in [4.69, 9.17) is 9.47 Å². The maximum atomic E-state index is 12.1. The largest absolute Gasteiger partial charge is 0.497 e. The van der Waals surface area contributed by atoms with E-state index in [1.54, 1.807) is 38.3 Å². The molecule has 0 spiro atoms. The average Bonchev–Trinajstić information content (AvgIpc) is 2.55. The van der Waals surface area contributed by atoms with Crippen LogP contribution in [0.1, 0.15) is 26.2 Å². The molecule has 0 bridgehead atoms. The van der Waals surface area contributed by atoms with E-state index in [1.807, 2.05) is 6.08 Å². The Hall–Kier alpha value is -2.30. The van der Waals surface area contributed by atoms with Crippen molar-refractivity contribution in [1.29, 1.82) is 0 Å². The first kappa shape index (κ1) is 16.1. The average molecular weight is 303 g/mol. The number of esters is 1. The Morgan fingerprint density at radius 3 is 2.82 bits per heavy atom. The molecule has 5 heteroatoms. The molecule has 2 atom stereocenters. The van der Waals surface area contributed by atoms with Gasteiger partial charge < -0.3 is 14.8 Å². The molecule has 0 aromatic heterocycles. The van der Waals surface area contributed by atoms with E-state index in [0.717, 1.165) is 12.8 Å². The minimum absolute atomic E-state index is 0.142. The molecule has 1 aliphatic rings. The molecule has 118 valence electrons. The SMILES string of the molecule is COc1cccc(NC(=O)C(C)OC(=O)C2CC=CCC2)c1. The molecule has 0 saturated heterocycles. The van der Waals surface area contributed by atoms with Crippen LogP contribution in [-0.4, -0.2) is 25.1 Å². The fraction of sp³-hybridized carbons (Fsp3) is 0.412. The Morgan fingerprint density at radius 2 is 2.14 bits per heavy atom. The lowest BCUT2D eigenvalue weighted by Crippen LogP contribution is -2.32. The van der Waals surface area contributed by atoms with Crippen molar-refractivity contribution in [2.24, 2.45) is 5.92 Å². The summed E-state index contributed by atoms with van der Waals surface area (Å²) < 4.78 is 10.4. The predicted molar refractivity (Wildman–Crippen MR) is 83.7 cm³/mol. The maximum absolute atomic E-state index is 12.1. The number of allylic oxidation sites excluding steroid dienone is 2. The van der Waals surface area contributed by atoms with Gasteiger partial charge in [0.15, 0.2) is 6.10 Å². The highest BCUT2D eigenvalue weighted by molar-refractivity contribution is 5.95. The summed E-state index contributed by atoms with van der Waals surface area (Å²) in [5.41, 5.74) is 0.604. The summed E-state index contributed by atoms with van der Waals surface area (Å²) in [7, 11) is 1.56. The van der Waals surface area contributed by atoms with Gasteiger partial charge in [0.2, 0.25) is 0 Å². The number of hydrogen-bond donors (Lipinski definition) is 1. The fourth-order valence-electron chi connectivity index (χ4n) is 2.28. The molecule has 1 aromatic rings. The van der Waals surface area contributed by atoms with Crippen molar-refractivity contribution in [3.63, 3.8) is 0 Å². The number of benzene rings is 1. The van der Waals surface area contributed by atoms with Gasteiger partial charge in [-0.25, -0.2) is 0 Å². The third-order valence-electron chi connectivity index (χ3n) is 3.60. The van der Waals surface area contributed by atoms with Gasteiger partial charge in [-0.3, -0.25) is 9.59 Å². The van der Waals surface area contributed by atoms with Crippen molar-refractivity contribution < 1.29 is 19.1 Å². The lowest BCUT2D eigenvalue weighted by Gasteiger charge is -2.19. The third-order valence-corrected chi connectivity index (χ3v) is 3.60. The molecule has 0 aliphatic heterocycles. The Labute approximate surface area is 130 Å². The van der Waals surface area contributed by atoms with Crippen LogP contribution in [-0.2, 0) is 14.3 Å². The first-order chi connectivity index (χ1) is 10.6. The highest BCUT2D eigenvalue weighted by Gasteiger charge is 2.25. The molecular weight excluding hydrogens is 282 g/mol. The zero-order chi connectivity index (χ0) is 15.9. The Balaban J connectivity index is 1.88. The summed E-state index contributed by atoms with van der Waals surface area (Å²) in [4.78, 5) is 24.1. The first-order valence-corrected chi connectivity index (χ1v) is 7.40. The maximum Gasteiger partial charge on any atom is 0.310 e. The summed E-state index contributed by atoms with van der Waals surface area (Å²) in [6, 6.07) is 7.02. The number of ether oxygens (including phenoxy) is 2. The van der Waals surface area contributed by atoms with E-state index in [0.29, 0.717) is 17.9 Å². The number of nitrogens with one attached hydrogen (secondary N) is 1. The third kappa shape index (κ3) is 4.35. The van der Waals surface area contributed by atoms with E-state index in [1.165, 1.54) is 0 Å². The van der Waals surface area contributed by atoms with Gasteiger partial charge in [-0.15, -0.1) is 0 Å². The minimum atomic E-state index is -0.829. The topological polar surface area (TPSA) is 64.6 Å². The van der Waals surface area contributed by atoms with Crippen molar-refractivity contribution in [3.8, 4) is 5.75 Å². The molecule has 0 heterocycles. The van der Waals surface area contributed by atoms with Crippen molar-refractivity contribution in [2.75, 3.05) is 12.4 Å². The second-order valence-electron chi connectivity index (χ2n) is 5.28. The smallest absolute Gasteiger partial charge is 0.310 e.